The van der Waals surface area contributed by atoms with E-state index < -0.39 is 0 Å². The van der Waals surface area contributed by atoms with Crippen molar-refractivity contribution in [2.45, 2.75) is 13.0 Å². The molecule has 1 aromatic heterocycles. The van der Waals surface area contributed by atoms with Crippen LogP contribution in [-0.4, -0.2) is 10.9 Å². The van der Waals surface area contributed by atoms with Gasteiger partial charge in [-0.1, -0.05) is 0 Å². The first-order chi connectivity index (χ1) is 6.69. The van der Waals surface area contributed by atoms with Crippen LogP contribution in [0.1, 0.15) is 12.0 Å². The topological polar surface area (TPSA) is 62.9 Å². The molecule has 72 valence electrons. The van der Waals surface area contributed by atoms with Crippen LogP contribution in [0.3, 0.4) is 0 Å². The van der Waals surface area contributed by atoms with E-state index in [1.165, 1.54) is 10.6 Å². The number of nitriles is 1. The molecule has 0 saturated carbocycles. The molecular weight excluding hydrogens is 248 g/mol. The number of nitrogens with zero attached hydrogens (tertiary/aromatic N) is 2. The molecule has 1 heterocycles. The Morgan fingerprint density at radius 3 is 2.93 bits per heavy atom. The number of hydrogen-bond donors (Lipinski definition) is 0. The summed E-state index contributed by atoms with van der Waals surface area (Å²) < 4.78 is 2.00. The van der Waals surface area contributed by atoms with Crippen LogP contribution in [-0.2, 0) is 11.3 Å². The number of aromatic nitrogens is 1. The third-order valence-electron chi connectivity index (χ3n) is 1.66. The zero-order chi connectivity index (χ0) is 10.6. The molecule has 0 N–H and O–H groups in total. The van der Waals surface area contributed by atoms with Gasteiger partial charge in [-0.05, 0) is 22.0 Å². The molecule has 14 heavy (non-hydrogen) atoms. The Morgan fingerprint density at radius 1 is 1.64 bits per heavy atom. The van der Waals surface area contributed by atoms with Crippen LogP contribution in [0.15, 0.2) is 21.5 Å². The van der Waals surface area contributed by atoms with E-state index in [1.807, 2.05) is 0 Å². The molecular formula is C9H7BrN2O2. The van der Waals surface area contributed by atoms with Crippen molar-refractivity contribution in [1.29, 1.82) is 5.26 Å². The van der Waals surface area contributed by atoms with Gasteiger partial charge in [-0.3, -0.25) is 4.79 Å². The zero-order valence-corrected chi connectivity index (χ0v) is 8.82. The molecule has 0 aliphatic heterocycles. The van der Waals surface area contributed by atoms with Crippen LogP contribution in [0, 0.1) is 11.3 Å². The highest BCUT2D eigenvalue weighted by atomic mass is 79.9. The van der Waals surface area contributed by atoms with Crippen molar-refractivity contribution >= 4 is 22.2 Å². The number of aryl methyl sites for hydroxylation is 1. The van der Waals surface area contributed by atoms with Gasteiger partial charge in [0.25, 0.3) is 5.56 Å². The molecule has 0 saturated heterocycles. The summed E-state index contributed by atoms with van der Waals surface area (Å²) in [4.78, 5) is 21.6. The van der Waals surface area contributed by atoms with Gasteiger partial charge in [0.15, 0.2) is 0 Å². The molecule has 0 spiro atoms. The van der Waals surface area contributed by atoms with Crippen molar-refractivity contribution in [3.8, 4) is 6.07 Å². The van der Waals surface area contributed by atoms with E-state index in [1.54, 1.807) is 12.3 Å². The van der Waals surface area contributed by atoms with Crippen molar-refractivity contribution in [3.05, 3.63) is 32.7 Å². The third-order valence-corrected chi connectivity index (χ3v) is 2.09. The highest BCUT2D eigenvalue weighted by Crippen LogP contribution is 2.08. The van der Waals surface area contributed by atoms with Gasteiger partial charge in [-0.15, -0.1) is 0 Å². The van der Waals surface area contributed by atoms with Crippen LogP contribution >= 0.6 is 15.9 Å². The van der Waals surface area contributed by atoms with E-state index in [9.17, 15) is 9.59 Å². The molecule has 0 amide bonds. The van der Waals surface area contributed by atoms with Gasteiger partial charge in [0, 0.05) is 23.6 Å². The lowest BCUT2D eigenvalue weighted by molar-refractivity contribution is -0.108. The van der Waals surface area contributed by atoms with Crippen LogP contribution in [0.5, 0.6) is 0 Å². The third kappa shape index (κ3) is 2.30. The maximum Gasteiger partial charge on any atom is 0.268 e. The van der Waals surface area contributed by atoms with E-state index in [0.29, 0.717) is 11.0 Å². The average Bonchev–Trinajstić information content (AvgIpc) is 2.18. The Morgan fingerprint density at radius 2 is 2.36 bits per heavy atom. The molecule has 0 unspecified atom stereocenters. The minimum atomic E-state index is -0.363. The Labute approximate surface area is 88.9 Å². The first-order valence-corrected chi connectivity index (χ1v) is 4.72. The molecule has 0 aromatic carbocycles. The van der Waals surface area contributed by atoms with Gasteiger partial charge in [-0.2, -0.15) is 5.26 Å². The molecule has 4 nitrogen and oxygen atoms in total. The predicted octanol–water partition coefficient (Wildman–Crippen LogP) is 1.07. The summed E-state index contributed by atoms with van der Waals surface area (Å²) in [6.07, 6.45) is 2.56. The van der Waals surface area contributed by atoms with Crippen LogP contribution in [0.2, 0.25) is 0 Å². The number of hydrogen-bond acceptors (Lipinski definition) is 3. The quantitative estimate of drug-likeness (QED) is 0.759. The second-order valence-corrected chi connectivity index (χ2v) is 3.55. The van der Waals surface area contributed by atoms with Crippen molar-refractivity contribution in [2.24, 2.45) is 0 Å². The first-order valence-electron chi connectivity index (χ1n) is 3.92. The van der Waals surface area contributed by atoms with Gasteiger partial charge in [-0.25, -0.2) is 0 Å². The molecule has 0 radical (unpaired) electrons. The lowest BCUT2D eigenvalue weighted by Crippen LogP contribution is -2.22. The van der Waals surface area contributed by atoms with Gasteiger partial charge in [0.05, 0.1) is 0 Å². The van der Waals surface area contributed by atoms with Gasteiger partial charge in [0.1, 0.15) is 17.9 Å². The fourth-order valence-corrected chi connectivity index (χ4v) is 1.51. The Balaban J connectivity index is 3.17. The lowest BCUT2D eigenvalue weighted by atomic mass is 10.3. The van der Waals surface area contributed by atoms with E-state index >= 15 is 0 Å². The normalized spacial score (nSPS) is 9.43. The van der Waals surface area contributed by atoms with Crippen molar-refractivity contribution in [3.63, 3.8) is 0 Å². The summed E-state index contributed by atoms with van der Waals surface area (Å²) in [5.74, 6) is 0. The fourth-order valence-electron chi connectivity index (χ4n) is 1.04. The van der Waals surface area contributed by atoms with Crippen LogP contribution in [0.25, 0.3) is 0 Å². The van der Waals surface area contributed by atoms with E-state index in [2.05, 4.69) is 15.9 Å². The lowest BCUT2D eigenvalue weighted by Gasteiger charge is -2.03. The summed E-state index contributed by atoms with van der Waals surface area (Å²) in [5, 5.41) is 8.64. The minimum absolute atomic E-state index is 0.0743. The Hall–Kier alpha value is -1.41. The fraction of sp³-hybridized carbons (Fsp3) is 0.222. The van der Waals surface area contributed by atoms with Crippen LogP contribution < -0.4 is 5.56 Å². The number of pyridine rings is 1. The smallest absolute Gasteiger partial charge is 0.268 e. The molecule has 0 aliphatic carbocycles. The minimum Gasteiger partial charge on any atom is -0.313 e. The Bertz CT molecular complexity index is 445. The number of carbonyl (C=O) groups excluding carboxylic acids is 1. The highest BCUT2D eigenvalue weighted by molar-refractivity contribution is 9.10. The standard InChI is InChI=1S/C9H7BrN2O2/c10-8-4-7(5-11)9(14)12(6-8)2-1-3-13/h3-4,6H,1-2H2. The summed E-state index contributed by atoms with van der Waals surface area (Å²) in [6.45, 7) is 0.302. The second-order valence-electron chi connectivity index (χ2n) is 2.64. The molecule has 5 heteroatoms. The predicted molar refractivity (Wildman–Crippen MR) is 53.8 cm³/mol. The number of carbonyl (C=O) groups is 1. The SMILES string of the molecule is N#Cc1cc(Br)cn(CCC=O)c1=O. The Kier molecular flexibility index (Phi) is 3.60. The monoisotopic (exact) mass is 254 g/mol. The summed E-state index contributed by atoms with van der Waals surface area (Å²) >= 11 is 3.18. The number of aldehydes is 1. The second kappa shape index (κ2) is 4.72. The molecule has 1 rings (SSSR count). The molecule has 0 atom stereocenters. The summed E-state index contributed by atoms with van der Waals surface area (Å²) in [6, 6.07) is 3.26. The summed E-state index contributed by atoms with van der Waals surface area (Å²) in [5.41, 5.74) is -0.289. The molecule has 0 bridgehead atoms. The maximum atomic E-state index is 11.5. The van der Waals surface area contributed by atoms with Crippen molar-refractivity contribution in [1.82, 2.24) is 4.57 Å². The van der Waals surface area contributed by atoms with Crippen molar-refractivity contribution in [2.75, 3.05) is 0 Å². The van der Waals surface area contributed by atoms with E-state index in [4.69, 9.17) is 5.26 Å². The first kappa shape index (κ1) is 10.7. The summed E-state index contributed by atoms with van der Waals surface area (Å²) in [7, 11) is 0. The maximum absolute atomic E-state index is 11.5. The van der Waals surface area contributed by atoms with E-state index in [-0.39, 0.29) is 17.5 Å². The highest BCUT2D eigenvalue weighted by Gasteiger charge is 2.04. The van der Waals surface area contributed by atoms with Gasteiger partial charge < -0.3 is 9.36 Å². The molecule has 1 aromatic rings. The van der Waals surface area contributed by atoms with Crippen LogP contribution in [0.4, 0.5) is 0 Å². The van der Waals surface area contributed by atoms with Gasteiger partial charge in [0.2, 0.25) is 0 Å². The van der Waals surface area contributed by atoms with Crippen molar-refractivity contribution < 1.29 is 4.79 Å². The largest absolute Gasteiger partial charge is 0.313 e. The number of halogens is 1. The molecule has 0 fully saturated rings. The zero-order valence-electron chi connectivity index (χ0n) is 7.24. The van der Waals surface area contributed by atoms with Gasteiger partial charge >= 0.3 is 0 Å². The van der Waals surface area contributed by atoms with E-state index in [0.717, 1.165) is 6.29 Å². The average molecular weight is 255 g/mol. The molecule has 0 aliphatic rings. The number of rotatable bonds is 3.